The van der Waals surface area contributed by atoms with Crippen LogP contribution in [0.2, 0.25) is 10.2 Å². The molecule has 1 amide bonds. The molecule has 20 heavy (non-hydrogen) atoms. The van der Waals surface area contributed by atoms with Crippen LogP contribution in [-0.2, 0) is 6.42 Å². The average Bonchev–Trinajstić information content (AvgIpc) is 2.42. The van der Waals surface area contributed by atoms with Crippen molar-refractivity contribution in [2.75, 3.05) is 5.32 Å². The molecule has 2 aromatic rings. The minimum Gasteiger partial charge on any atom is -0.322 e. The van der Waals surface area contributed by atoms with Gasteiger partial charge in [-0.25, -0.2) is 9.37 Å². The molecule has 3 nitrogen and oxygen atoms in total. The molecule has 1 heterocycles. The molecule has 0 aliphatic carbocycles. The van der Waals surface area contributed by atoms with Crippen LogP contribution in [0, 0.1) is 5.82 Å². The van der Waals surface area contributed by atoms with Crippen molar-refractivity contribution in [3.05, 3.63) is 57.6 Å². The molecule has 0 fully saturated rings. The highest BCUT2D eigenvalue weighted by Crippen LogP contribution is 2.20. The number of carbonyl (C=O) groups excluding carboxylic acids is 1. The predicted molar refractivity (Wildman–Crippen MR) is 78.0 cm³/mol. The molecule has 0 saturated heterocycles. The molecule has 0 spiro atoms. The highest BCUT2D eigenvalue weighted by molar-refractivity contribution is 6.31. The Labute approximate surface area is 125 Å². The molecule has 0 unspecified atom stereocenters. The summed E-state index contributed by atoms with van der Waals surface area (Å²) >= 11 is 11.5. The largest absolute Gasteiger partial charge is 0.322 e. The van der Waals surface area contributed by atoms with Gasteiger partial charge in [0, 0.05) is 16.9 Å². The van der Waals surface area contributed by atoms with Crippen LogP contribution in [0.4, 0.5) is 10.1 Å². The number of aryl methyl sites for hydroxylation is 1. The number of carbonyl (C=O) groups is 1. The van der Waals surface area contributed by atoms with Gasteiger partial charge in [0.2, 0.25) is 0 Å². The first kappa shape index (κ1) is 14.8. The Morgan fingerprint density at radius 3 is 2.70 bits per heavy atom. The third-order valence-corrected chi connectivity index (χ3v) is 3.13. The zero-order valence-electron chi connectivity index (χ0n) is 10.6. The number of pyridine rings is 1. The van der Waals surface area contributed by atoms with E-state index in [-0.39, 0.29) is 16.1 Å². The standard InChI is InChI=1S/C14H11Cl2FN2O/c1-2-9-5-8(6-13(16)18-9)14(20)19-10-3-4-12(17)11(15)7-10/h3-7H,2H2,1H3,(H,19,20). The highest BCUT2D eigenvalue weighted by atomic mass is 35.5. The van der Waals surface area contributed by atoms with E-state index in [2.05, 4.69) is 10.3 Å². The molecule has 1 N–H and O–H groups in total. The van der Waals surface area contributed by atoms with Gasteiger partial charge >= 0.3 is 0 Å². The van der Waals surface area contributed by atoms with Crippen LogP contribution in [0.5, 0.6) is 0 Å². The van der Waals surface area contributed by atoms with Gasteiger partial charge in [-0.1, -0.05) is 30.1 Å². The van der Waals surface area contributed by atoms with Gasteiger partial charge in [-0.15, -0.1) is 0 Å². The normalized spacial score (nSPS) is 10.4. The lowest BCUT2D eigenvalue weighted by atomic mass is 10.2. The van der Waals surface area contributed by atoms with Gasteiger partial charge in [-0.05, 0) is 36.8 Å². The molecule has 0 aliphatic rings. The van der Waals surface area contributed by atoms with Crippen molar-refractivity contribution in [3.8, 4) is 0 Å². The molecule has 0 saturated carbocycles. The Balaban J connectivity index is 2.23. The summed E-state index contributed by atoms with van der Waals surface area (Å²) < 4.78 is 13.0. The highest BCUT2D eigenvalue weighted by Gasteiger charge is 2.10. The maximum Gasteiger partial charge on any atom is 0.255 e. The third-order valence-electron chi connectivity index (χ3n) is 2.65. The van der Waals surface area contributed by atoms with Crippen LogP contribution in [0.25, 0.3) is 0 Å². The fourth-order valence-electron chi connectivity index (χ4n) is 1.64. The SMILES string of the molecule is CCc1cc(C(=O)Nc2ccc(F)c(Cl)c2)cc(Cl)n1. The second-order valence-electron chi connectivity index (χ2n) is 4.11. The molecular formula is C14H11Cl2FN2O. The maximum absolute atomic E-state index is 13.0. The molecule has 0 aliphatic heterocycles. The van der Waals surface area contributed by atoms with E-state index in [1.165, 1.54) is 24.3 Å². The molecule has 0 radical (unpaired) electrons. The van der Waals surface area contributed by atoms with E-state index < -0.39 is 5.82 Å². The van der Waals surface area contributed by atoms with Crippen molar-refractivity contribution in [1.29, 1.82) is 0 Å². The number of rotatable bonds is 3. The number of amides is 1. The van der Waals surface area contributed by atoms with E-state index in [9.17, 15) is 9.18 Å². The monoisotopic (exact) mass is 312 g/mol. The summed E-state index contributed by atoms with van der Waals surface area (Å²) in [6.07, 6.45) is 0.670. The first-order chi connectivity index (χ1) is 9.49. The molecule has 1 aromatic carbocycles. The lowest BCUT2D eigenvalue weighted by molar-refractivity contribution is 0.102. The predicted octanol–water partition coefficient (Wildman–Crippen LogP) is 4.34. The summed E-state index contributed by atoms with van der Waals surface area (Å²) in [6, 6.07) is 7.10. The maximum atomic E-state index is 13.0. The second-order valence-corrected chi connectivity index (χ2v) is 4.90. The van der Waals surface area contributed by atoms with Crippen LogP contribution < -0.4 is 5.32 Å². The summed E-state index contributed by atoms with van der Waals surface area (Å²) in [4.78, 5) is 16.2. The van der Waals surface area contributed by atoms with Crippen LogP contribution >= 0.6 is 23.2 Å². The number of anilines is 1. The van der Waals surface area contributed by atoms with Crippen molar-refractivity contribution < 1.29 is 9.18 Å². The quantitative estimate of drug-likeness (QED) is 0.856. The Bertz CT molecular complexity index is 662. The lowest BCUT2D eigenvalue weighted by Gasteiger charge is -2.07. The lowest BCUT2D eigenvalue weighted by Crippen LogP contribution is -2.12. The Morgan fingerprint density at radius 1 is 1.30 bits per heavy atom. The summed E-state index contributed by atoms with van der Waals surface area (Å²) in [5.41, 5.74) is 1.52. The molecule has 1 aromatic heterocycles. The Kier molecular flexibility index (Phi) is 4.57. The molecule has 104 valence electrons. The molecule has 0 atom stereocenters. The number of benzene rings is 1. The zero-order chi connectivity index (χ0) is 14.7. The third kappa shape index (κ3) is 3.46. The summed E-state index contributed by atoms with van der Waals surface area (Å²) in [5.74, 6) is -0.892. The summed E-state index contributed by atoms with van der Waals surface area (Å²) in [7, 11) is 0. The topological polar surface area (TPSA) is 42.0 Å². The van der Waals surface area contributed by atoms with E-state index in [4.69, 9.17) is 23.2 Å². The average molecular weight is 313 g/mol. The van der Waals surface area contributed by atoms with Crippen LogP contribution in [-0.4, -0.2) is 10.9 Å². The van der Waals surface area contributed by atoms with Gasteiger partial charge < -0.3 is 5.32 Å². The number of nitrogens with zero attached hydrogens (tertiary/aromatic N) is 1. The fourth-order valence-corrected chi connectivity index (χ4v) is 2.05. The number of hydrogen-bond donors (Lipinski definition) is 1. The van der Waals surface area contributed by atoms with E-state index in [0.29, 0.717) is 17.7 Å². The van der Waals surface area contributed by atoms with Gasteiger partial charge in [0.1, 0.15) is 11.0 Å². The van der Waals surface area contributed by atoms with Gasteiger partial charge in [-0.3, -0.25) is 4.79 Å². The van der Waals surface area contributed by atoms with E-state index in [1.807, 2.05) is 6.92 Å². The number of nitrogens with one attached hydrogen (secondary N) is 1. The van der Waals surface area contributed by atoms with Crippen LogP contribution in [0.1, 0.15) is 23.0 Å². The minimum absolute atomic E-state index is 0.0511. The summed E-state index contributed by atoms with van der Waals surface area (Å²) in [5, 5.41) is 2.83. The molecule has 0 bridgehead atoms. The van der Waals surface area contributed by atoms with E-state index >= 15 is 0 Å². The van der Waals surface area contributed by atoms with Gasteiger partial charge in [0.15, 0.2) is 0 Å². The number of aromatic nitrogens is 1. The van der Waals surface area contributed by atoms with E-state index in [0.717, 1.165) is 5.69 Å². The van der Waals surface area contributed by atoms with Crippen molar-refractivity contribution in [2.45, 2.75) is 13.3 Å². The Hall–Kier alpha value is -1.65. The van der Waals surface area contributed by atoms with E-state index in [1.54, 1.807) is 6.07 Å². The Morgan fingerprint density at radius 2 is 2.05 bits per heavy atom. The second kappa shape index (κ2) is 6.20. The zero-order valence-corrected chi connectivity index (χ0v) is 12.1. The molecule has 2 rings (SSSR count). The first-order valence-corrected chi connectivity index (χ1v) is 6.68. The van der Waals surface area contributed by atoms with Crippen molar-refractivity contribution in [3.63, 3.8) is 0 Å². The first-order valence-electron chi connectivity index (χ1n) is 5.92. The van der Waals surface area contributed by atoms with Crippen LogP contribution in [0.3, 0.4) is 0 Å². The van der Waals surface area contributed by atoms with Gasteiger partial charge in [-0.2, -0.15) is 0 Å². The van der Waals surface area contributed by atoms with Crippen molar-refractivity contribution >= 4 is 34.8 Å². The molecular weight excluding hydrogens is 302 g/mol. The van der Waals surface area contributed by atoms with Crippen LogP contribution in [0.15, 0.2) is 30.3 Å². The summed E-state index contributed by atoms with van der Waals surface area (Å²) in [6.45, 7) is 1.92. The van der Waals surface area contributed by atoms with Gasteiger partial charge in [0.05, 0.1) is 5.02 Å². The number of halogens is 3. The molecule has 6 heteroatoms. The van der Waals surface area contributed by atoms with Crippen molar-refractivity contribution in [2.24, 2.45) is 0 Å². The minimum atomic E-state index is -0.537. The smallest absolute Gasteiger partial charge is 0.255 e. The van der Waals surface area contributed by atoms with Crippen molar-refractivity contribution in [1.82, 2.24) is 4.98 Å². The fraction of sp³-hybridized carbons (Fsp3) is 0.143. The number of hydrogen-bond acceptors (Lipinski definition) is 2. The van der Waals surface area contributed by atoms with Gasteiger partial charge in [0.25, 0.3) is 5.91 Å².